The fourth-order valence-corrected chi connectivity index (χ4v) is 2.43. The molecule has 1 aromatic heterocycles. The molecule has 5 nitrogen and oxygen atoms in total. The van der Waals surface area contributed by atoms with Crippen molar-refractivity contribution in [2.75, 3.05) is 0 Å². The van der Waals surface area contributed by atoms with Crippen LogP contribution in [0, 0.1) is 0 Å². The SMILES string of the molecule is O=C(CCn1ccccc1=O)N[C@@H]1CCCC[C@H]1O. The lowest BCUT2D eigenvalue weighted by atomic mass is 9.92. The summed E-state index contributed by atoms with van der Waals surface area (Å²) in [5.74, 6) is -0.110. The molecular formula is C14H20N2O3. The average Bonchev–Trinajstić information content (AvgIpc) is 2.40. The number of amides is 1. The Labute approximate surface area is 112 Å². The molecule has 0 saturated heterocycles. The zero-order valence-corrected chi connectivity index (χ0v) is 10.9. The first kappa shape index (κ1) is 13.8. The van der Waals surface area contributed by atoms with Crippen LogP contribution >= 0.6 is 0 Å². The van der Waals surface area contributed by atoms with Crippen LogP contribution in [0.5, 0.6) is 0 Å². The zero-order valence-electron chi connectivity index (χ0n) is 10.9. The summed E-state index contributed by atoms with van der Waals surface area (Å²) < 4.78 is 1.51. The minimum Gasteiger partial charge on any atom is -0.391 e. The van der Waals surface area contributed by atoms with Crippen LogP contribution in [-0.4, -0.2) is 27.7 Å². The maximum atomic E-state index is 11.8. The van der Waals surface area contributed by atoms with Gasteiger partial charge in [-0.05, 0) is 18.9 Å². The van der Waals surface area contributed by atoms with E-state index in [-0.39, 0.29) is 23.9 Å². The smallest absolute Gasteiger partial charge is 0.250 e. The lowest BCUT2D eigenvalue weighted by Crippen LogP contribution is -2.45. The molecule has 0 unspecified atom stereocenters. The monoisotopic (exact) mass is 264 g/mol. The minimum absolute atomic E-state index is 0.104. The van der Waals surface area contributed by atoms with Gasteiger partial charge in [0.15, 0.2) is 0 Å². The van der Waals surface area contributed by atoms with Crippen molar-refractivity contribution in [3.05, 3.63) is 34.7 Å². The van der Waals surface area contributed by atoms with E-state index >= 15 is 0 Å². The van der Waals surface area contributed by atoms with Gasteiger partial charge in [0.2, 0.25) is 5.91 Å². The van der Waals surface area contributed by atoms with Crippen molar-refractivity contribution in [2.45, 2.75) is 50.8 Å². The molecule has 0 radical (unpaired) electrons. The van der Waals surface area contributed by atoms with Crippen LogP contribution in [0.4, 0.5) is 0 Å². The van der Waals surface area contributed by atoms with Crippen molar-refractivity contribution in [3.63, 3.8) is 0 Å². The second kappa shape index (κ2) is 6.52. The normalized spacial score (nSPS) is 23.0. The number of aliphatic hydroxyl groups is 1. The van der Waals surface area contributed by atoms with Gasteiger partial charge in [-0.2, -0.15) is 0 Å². The molecular weight excluding hydrogens is 244 g/mol. The molecule has 1 fully saturated rings. The molecule has 2 N–H and O–H groups in total. The summed E-state index contributed by atoms with van der Waals surface area (Å²) in [6, 6.07) is 4.79. The van der Waals surface area contributed by atoms with Gasteiger partial charge >= 0.3 is 0 Å². The molecule has 1 heterocycles. The van der Waals surface area contributed by atoms with Crippen LogP contribution < -0.4 is 10.9 Å². The van der Waals surface area contributed by atoms with Crippen molar-refractivity contribution in [1.82, 2.24) is 9.88 Å². The predicted octanol–water partition coefficient (Wildman–Crippen LogP) is 0.658. The Bertz CT molecular complexity index is 484. The zero-order chi connectivity index (χ0) is 13.7. The third-order valence-corrected chi connectivity index (χ3v) is 3.55. The van der Waals surface area contributed by atoms with Crippen molar-refractivity contribution >= 4 is 5.91 Å². The molecule has 2 rings (SSSR count). The number of carbonyl (C=O) groups excluding carboxylic acids is 1. The molecule has 1 aromatic rings. The summed E-state index contributed by atoms with van der Waals surface area (Å²) in [4.78, 5) is 23.3. The number of hydrogen-bond acceptors (Lipinski definition) is 3. The fraction of sp³-hybridized carbons (Fsp3) is 0.571. The van der Waals surface area contributed by atoms with Crippen molar-refractivity contribution < 1.29 is 9.90 Å². The molecule has 2 atom stereocenters. The summed E-state index contributed by atoms with van der Waals surface area (Å²) in [5, 5.41) is 12.6. The molecule has 19 heavy (non-hydrogen) atoms. The Morgan fingerprint density at radius 3 is 2.89 bits per heavy atom. The highest BCUT2D eigenvalue weighted by molar-refractivity contribution is 5.76. The van der Waals surface area contributed by atoms with Gasteiger partial charge in [0.05, 0.1) is 12.1 Å². The topological polar surface area (TPSA) is 71.3 Å². The Balaban J connectivity index is 1.81. The molecule has 0 aromatic carbocycles. The van der Waals surface area contributed by atoms with E-state index in [4.69, 9.17) is 0 Å². The van der Waals surface area contributed by atoms with E-state index in [2.05, 4.69) is 5.32 Å². The fourth-order valence-electron chi connectivity index (χ4n) is 2.43. The number of rotatable bonds is 4. The first-order valence-electron chi connectivity index (χ1n) is 6.80. The van der Waals surface area contributed by atoms with Crippen LogP contribution in [-0.2, 0) is 11.3 Å². The van der Waals surface area contributed by atoms with Crippen LogP contribution in [0.2, 0.25) is 0 Å². The maximum Gasteiger partial charge on any atom is 0.250 e. The van der Waals surface area contributed by atoms with Crippen LogP contribution in [0.3, 0.4) is 0 Å². The quantitative estimate of drug-likeness (QED) is 0.839. The second-order valence-corrected chi connectivity index (χ2v) is 5.01. The van der Waals surface area contributed by atoms with Crippen LogP contribution in [0.25, 0.3) is 0 Å². The van der Waals surface area contributed by atoms with Gasteiger partial charge in [-0.25, -0.2) is 0 Å². The number of aryl methyl sites for hydroxylation is 1. The van der Waals surface area contributed by atoms with Crippen molar-refractivity contribution in [1.29, 1.82) is 0 Å². The number of aliphatic hydroxyl groups excluding tert-OH is 1. The van der Waals surface area contributed by atoms with E-state index in [0.717, 1.165) is 25.7 Å². The summed E-state index contributed by atoms with van der Waals surface area (Å²) in [6.07, 6.45) is 5.14. The minimum atomic E-state index is -0.433. The molecule has 1 saturated carbocycles. The molecule has 104 valence electrons. The van der Waals surface area contributed by atoms with Gasteiger partial charge in [0.1, 0.15) is 0 Å². The molecule has 1 aliphatic carbocycles. The van der Waals surface area contributed by atoms with Crippen molar-refractivity contribution in [2.24, 2.45) is 0 Å². The Morgan fingerprint density at radius 2 is 2.16 bits per heavy atom. The number of pyridine rings is 1. The first-order valence-corrected chi connectivity index (χ1v) is 6.80. The third-order valence-electron chi connectivity index (χ3n) is 3.55. The van der Waals surface area contributed by atoms with E-state index < -0.39 is 6.10 Å². The third kappa shape index (κ3) is 3.92. The van der Waals surface area contributed by atoms with E-state index in [9.17, 15) is 14.7 Å². The number of nitrogens with one attached hydrogen (secondary N) is 1. The number of hydrogen-bond donors (Lipinski definition) is 2. The van der Waals surface area contributed by atoms with E-state index in [1.165, 1.54) is 10.6 Å². The highest BCUT2D eigenvalue weighted by Crippen LogP contribution is 2.18. The Hall–Kier alpha value is -1.62. The Kier molecular flexibility index (Phi) is 4.74. The lowest BCUT2D eigenvalue weighted by Gasteiger charge is -2.28. The predicted molar refractivity (Wildman–Crippen MR) is 71.7 cm³/mol. The number of carbonyl (C=O) groups is 1. The summed E-state index contributed by atoms with van der Waals surface area (Å²) in [6.45, 7) is 0.369. The van der Waals surface area contributed by atoms with Gasteiger partial charge < -0.3 is 15.0 Å². The highest BCUT2D eigenvalue weighted by Gasteiger charge is 2.24. The molecule has 1 amide bonds. The largest absolute Gasteiger partial charge is 0.391 e. The number of nitrogens with zero attached hydrogens (tertiary/aromatic N) is 1. The summed E-state index contributed by atoms with van der Waals surface area (Å²) in [7, 11) is 0. The first-order chi connectivity index (χ1) is 9.16. The van der Waals surface area contributed by atoms with Gasteiger partial charge in [-0.15, -0.1) is 0 Å². The standard InChI is InChI=1S/C14H20N2O3/c17-12-6-2-1-5-11(12)15-13(18)8-10-16-9-4-3-7-14(16)19/h3-4,7,9,11-12,17H,1-2,5-6,8,10H2,(H,15,18)/t11-,12-/m1/s1. The summed E-state index contributed by atoms with van der Waals surface area (Å²) >= 11 is 0. The maximum absolute atomic E-state index is 11.8. The lowest BCUT2D eigenvalue weighted by molar-refractivity contribution is -0.123. The van der Waals surface area contributed by atoms with E-state index in [1.807, 2.05) is 0 Å². The Morgan fingerprint density at radius 1 is 1.37 bits per heavy atom. The van der Waals surface area contributed by atoms with E-state index in [0.29, 0.717) is 6.54 Å². The average molecular weight is 264 g/mol. The van der Waals surface area contributed by atoms with Gasteiger partial charge in [-0.3, -0.25) is 9.59 Å². The number of aromatic nitrogens is 1. The van der Waals surface area contributed by atoms with Crippen molar-refractivity contribution in [3.8, 4) is 0 Å². The second-order valence-electron chi connectivity index (χ2n) is 5.01. The molecule has 5 heteroatoms. The molecule has 0 aliphatic heterocycles. The highest BCUT2D eigenvalue weighted by atomic mass is 16.3. The van der Waals surface area contributed by atoms with E-state index in [1.54, 1.807) is 18.3 Å². The van der Waals surface area contributed by atoms with Gasteiger partial charge in [0.25, 0.3) is 5.56 Å². The van der Waals surface area contributed by atoms with Gasteiger partial charge in [-0.1, -0.05) is 18.9 Å². The summed E-state index contributed by atoms with van der Waals surface area (Å²) in [5.41, 5.74) is -0.104. The van der Waals surface area contributed by atoms with Gasteiger partial charge in [0, 0.05) is 25.2 Å². The molecule has 0 bridgehead atoms. The molecule has 1 aliphatic rings. The molecule has 0 spiro atoms. The van der Waals surface area contributed by atoms with Crippen LogP contribution in [0.1, 0.15) is 32.1 Å². The van der Waals surface area contributed by atoms with Crippen LogP contribution in [0.15, 0.2) is 29.2 Å².